The third-order valence-electron chi connectivity index (χ3n) is 2.84. The number of carbonyl (C=O) groups excluding carboxylic acids is 1. The summed E-state index contributed by atoms with van der Waals surface area (Å²) in [5.74, 6) is 0.0995. The average Bonchev–Trinajstić information content (AvgIpc) is 2.44. The van der Waals surface area contributed by atoms with Crippen LogP contribution in [0.2, 0.25) is 5.02 Å². The van der Waals surface area contributed by atoms with Gasteiger partial charge in [0, 0.05) is 24.5 Å². The number of benzene rings is 1. The maximum absolute atomic E-state index is 11.5. The van der Waals surface area contributed by atoms with E-state index in [9.17, 15) is 4.79 Å². The Labute approximate surface area is 93.8 Å². The molecule has 15 heavy (non-hydrogen) atoms. The third kappa shape index (κ3) is 1.85. The van der Waals surface area contributed by atoms with Gasteiger partial charge in [-0.25, -0.2) is 0 Å². The van der Waals surface area contributed by atoms with Gasteiger partial charge in [-0.2, -0.15) is 0 Å². The fourth-order valence-electron chi connectivity index (χ4n) is 2.03. The predicted octanol–water partition coefficient (Wildman–Crippen LogP) is 1.57. The molecule has 80 valence electrons. The molecule has 1 fully saturated rings. The van der Waals surface area contributed by atoms with E-state index in [4.69, 9.17) is 17.3 Å². The zero-order valence-electron chi connectivity index (χ0n) is 8.48. The summed E-state index contributed by atoms with van der Waals surface area (Å²) >= 11 is 5.81. The van der Waals surface area contributed by atoms with E-state index in [2.05, 4.69) is 0 Å². The number of likely N-dealkylation sites (tertiary alicyclic amines) is 1. The molecular formula is C11H13ClN2O. The topological polar surface area (TPSA) is 46.3 Å². The Morgan fingerprint density at radius 2 is 2.00 bits per heavy atom. The number of rotatable bonds is 1. The predicted molar refractivity (Wildman–Crippen MR) is 59.6 cm³/mol. The van der Waals surface area contributed by atoms with Gasteiger partial charge in [0.2, 0.25) is 5.91 Å². The lowest BCUT2D eigenvalue weighted by Crippen LogP contribution is -2.30. The van der Waals surface area contributed by atoms with Gasteiger partial charge in [0.25, 0.3) is 0 Å². The summed E-state index contributed by atoms with van der Waals surface area (Å²) in [6, 6.07) is 7.34. The van der Waals surface area contributed by atoms with E-state index in [0.29, 0.717) is 11.4 Å². The van der Waals surface area contributed by atoms with Crippen LogP contribution in [-0.2, 0) is 4.79 Å². The van der Waals surface area contributed by atoms with Gasteiger partial charge in [-0.15, -0.1) is 0 Å². The van der Waals surface area contributed by atoms with Crippen LogP contribution in [0.4, 0.5) is 0 Å². The molecule has 1 aliphatic heterocycles. The van der Waals surface area contributed by atoms with E-state index in [1.54, 1.807) is 11.9 Å². The minimum Gasteiger partial charge on any atom is -0.337 e. The van der Waals surface area contributed by atoms with Crippen molar-refractivity contribution in [3.05, 3.63) is 34.9 Å². The Bertz CT molecular complexity index is 377. The highest BCUT2D eigenvalue weighted by atomic mass is 35.5. The summed E-state index contributed by atoms with van der Waals surface area (Å²) in [6.07, 6.45) is 0.420. The highest BCUT2D eigenvalue weighted by molar-refractivity contribution is 6.30. The number of halogens is 1. The van der Waals surface area contributed by atoms with Crippen molar-refractivity contribution in [2.45, 2.75) is 18.5 Å². The Hall–Kier alpha value is -1.06. The first-order valence-corrected chi connectivity index (χ1v) is 5.24. The molecule has 2 N–H and O–H groups in total. The fraction of sp³-hybridized carbons (Fsp3) is 0.364. The molecule has 2 rings (SSSR count). The van der Waals surface area contributed by atoms with Gasteiger partial charge in [-0.3, -0.25) is 4.79 Å². The molecule has 0 spiro atoms. The largest absolute Gasteiger partial charge is 0.337 e. The first kappa shape index (κ1) is 10.5. The molecule has 0 bridgehead atoms. The number of nitrogens with two attached hydrogens (primary N) is 1. The van der Waals surface area contributed by atoms with Gasteiger partial charge in [0.15, 0.2) is 0 Å². The fourth-order valence-corrected chi connectivity index (χ4v) is 2.16. The summed E-state index contributed by atoms with van der Waals surface area (Å²) in [4.78, 5) is 13.2. The van der Waals surface area contributed by atoms with E-state index < -0.39 is 0 Å². The molecule has 3 nitrogen and oxygen atoms in total. The van der Waals surface area contributed by atoms with Crippen molar-refractivity contribution in [1.82, 2.24) is 4.90 Å². The lowest BCUT2D eigenvalue weighted by molar-refractivity contribution is -0.127. The molecule has 1 aromatic carbocycles. The van der Waals surface area contributed by atoms with Crippen LogP contribution in [0.3, 0.4) is 0 Å². The minimum absolute atomic E-state index is 0.0187. The van der Waals surface area contributed by atoms with Crippen LogP contribution < -0.4 is 5.73 Å². The molecule has 1 amide bonds. The van der Waals surface area contributed by atoms with E-state index >= 15 is 0 Å². The van der Waals surface area contributed by atoms with Gasteiger partial charge in [0.05, 0.1) is 6.04 Å². The van der Waals surface area contributed by atoms with E-state index in [1.807, 2.05) is 24.3 Å². The van der Waals surface area contributed by atoms with Crippen LogP contribution in [0.5, 0.6) is 0 Å². The molecule has 0 saturated carbocycles. The molecule has 1 heterocycles. The second kappa shape index (κ2) is 3.83. The van der Waals surface area contributed by atoms with Gasteiger partial charge in [-0.05, 0) is 17.7 Å². The average molecular weight is 225 g/mol. The number of hydrogen-bond acceptors (Lipinski definition) is 2. The van der Waals surface area contributed by atoms with E-state index in [0.717, 1.165) is 5.56 Å². The van der Waals surface area contributed by atoms with E-state index in [1.165, 1.54) is 0 Å². The van der Waals surface area contributed by atoms with Crippen molar-refractivity contribution >= 4 is 17.5 Å². The summed E-state index contributed by atoms with van der Waals surface area (Å²) in [5.41, 5.74) is 6.98. The summed E-state index contributed by atoms with van der Waals surface area (Å²) in [5, 5.41) is 0.694. The zero-order valence-corrected chi connectivity index (χ0v) is 9.24. The number of nitrogens with zero attached hydrogens (tertiary/aromatic N) is 1. The van der Waals surface area contributed by atoms with Crippen molar-refractivity contribution in [1.29, 1.82) is 0 Å². The molecular weight excluding hydrogens is 212 g/mol. The molecule has 0 aromatic heterocycles. The van der Waals surface area contributed by atoms with Gasteiger partial charge < -0.3 is 10.6 Å². The molecule has 1 aromatic rings. The molecule has 1 saturated heterocycles. The molecule has 1 aliphatic rings. The zero-order chi connectivity index (χ0) is 11.0. The lowest BCUT2D eigenvalue weighted by atomic mass is 10.0. The molecule has 0 aliphatic carbocycles. The third-order valence-corrected chi connectivity index (χ3v) is 3.09. The first-order chi connectivity index (χ1) is 7.09. The first-order valence-electron chi connectivity index (χ1n) is 4.86. The molecule has 0 radical (unpaired) electrons. The van der Waals surface area contributed by atoms with Gasteiger partial charge in [0.1, 0.15) is 0 Å². The molecule has 4 heteroatoms. The number of carbonyl (C=O) groups is 1. The van der Waals surface area contributed by atoms with Crippen LogP contribution in [0.15, 0.2) is 24.3 Å². The minimum atomic E-state index is -0.122. The van der Waals surface area contributed by atoms with Crippen LogP contribution in [0, 0.1) is 0 Å². The van der Waals surface area contributed by atoms with Crippen LogP contribution >= 0.6 is 11.6 Å². The standard InChI is InChI=1S/C11H13ClN2O/c1-14-10(15)6-9(13)11(14)7-2-4-8(12)5-3-7/h2-5,9,11H,6,13H2,1H3. The van der Waals surface area contributed by atoms with Crippen molar-refractivity contribution in [3.8, 4) is 0 Å². The summed E-state index contributed by atoms with van der Waals surface area (Å²) in [6.45, 7) is 0. The summed E-state index contributed by atoms with van der Waals surface area (Å²) in [7, 11) is 1.79. The van der Waals surface area contributed by atoms with Crippen LogP contribution in [0.1, 0.15) is 18.0 Å². The highest BCUT2D eigenvalue weighted by Gasteiger charge is 2.35. The second-order valence-electron chi connectivity index (χ2n) is 3.87. The lowest BCUT2D eigenvalue weighted by Gasteiger charge is -2.23. The Kier molecular flexibility index (Phi) is 2.67. The van der Waals surface area contributed by atoms with Crippen molar-refractivity contribution in [2.24, 2.45) is 5.73 Å². The smallest absolute Gasteiger partial charge is 0.224 e. The Morgan fingerprint density at radius 1 is 1.40 bits per heavy atom. The summed E-state index contributed by atoms with van der Waals surface area (Å²) < 4.78 is 0. The van der Waals surface area contributed by atoms with E-state index in [-0.39, 0.29) is 18.0 Å². The van der Waals surface area contributed by atoms with Crippen molar-refractivity contribution in [3.63, 3.8) is 0 Å². The van der Waals surface area contributed by atoms with Crippen LogP contribution in [-0.4, -0.2) is 23.9 Å². The Balaban J connectivity index is 2.30. The quantitative estimate of drug-likeness (QED) is 0.787. The molecule has 2 atom stereocenters. The number of hydrogen-bond donors (Lipinski definition) is 1. The Morgan fingerprint density at radius 3 is 2.47 bits per heavy atom. The number of likely N-dealkylation sites (N-methyl/N-ethyl adjacent to an activating group) is 1. The van der Waals surface area contributed by atoms with Crippen LogP contribution in [0.25, 0.3) is 0 Å². The van der Waals surface area contributed by atoms with Crippen molar-refractivity contribution in [2.75, 3.05) is 7.05 Å². The number of amides is 1. The molecule has 2 unspecified atom stereocenters. The SMILES string of the molecule is CN1C(=O)CC(N)C1c1ccc(Cl)cc1. The maximum atomic E-state index is 11.5. The second-order valence-corrected chi connectivity index (χ2v) is 4.31. The highest BCUT2D eigenvalue weighted by Crippen LogP contribution is 2.30. The monoisotopic (exact) mass is 224 g/mol. The normalized spacial score (nSPS) is 26.1. The van der Waals surface area contributed by atoms with Gasteiger partial charge in [-0.1, -0.05) is 23.7 Å². The maximum Gasteiger partial charge on any atom is 0.224 e. The van der Waals surface area contributed by atoms with Crippen molar-refractivity contribution < 1.29 is 4.79 Å². The van der Waals surface area contributed by atoms with Gasteiger partial charge >= 0.3 is 0 Å².